The Morgan fingerprint density at radius 2 is 1.89 bits per heavy atom. The normalized spacial score (nSPS) is 18.8. The lowest BCUT2D eigenvalue weighted by atomic mass is 9.70. The first-order valence-electron chi connectivity index (χ1n) is 11.4. The van der Waals surface area contributed by atoms with Gasteiger partial charge in [-0.05, 0) is 35.7 Å². The summed E-state index contributed by atoms with van der Waals surface area (Å²) in [6.45, 7) is 3.66. The number of Topliss-reactive ketones (excluding diaryl/α,β-unsaturated/α-hetero) is 1. The minimum Gasteiger partial charge on any atom is -0.483 e. The second-order valence-corrected chi connectivity index (χ2v) is 10.4. The maximum atomic E-state index is 13.4. The molecule has 9 heteroatoms. The van der Waals surface area contributed by atoms with Crippen molar-refractivity contribution in [2.24, 2.45) is 11.1 Å². The molecular formula is C27H27BrN2O6. The first-order chi connectivity index (χ1) is 17.1. The summed E-state index contributed by atoms with van der Waals surface area (Å²) in [4.78, 5) is 38.8. The number of benzene rings is 2. The molecule has 4 rings (SSSR count). The molecule has 2 aliphatic rings. The Morgan fingerprint density at radius 1 is 1.17 bits per heavy atom. The van der Waals surface area contributed by atoms with Gasteiger partial charge in [0.15, 0.2) is 12.4 Å². The van der Waals surface area contributed by atoms with Gasteiger partial charge in [-0.2, -0.15) is 0 Å². The van der Waals surface area contributed by atoms with E-state index in [1.54, 1.807) is 30.3 Å². The Kier molecular flexibility index (Phi) is 7.21. The summed E-state index contributed by atoms with van der Waals surface area (Å²) in [7, 11) is 1.24. The van der Waals surface area contributed by atoms with Crippen molar-refractivity contribution < 1.29 is 28.6 Å². The number of ether oxygens (including phenoxy) is 3. The number of rotatable bonds is 6. The number of carbonyl (C=O) groups excluding carboxylic acids is 3. The van der Waals surface area contributed by atoms with Gasteiger partial charge in [0.2, 0.25) is 5.88 Å². The number of amides is 1. The molecule has 0 spiro atoms. The van der Waals surface area contributed by atoms with Crippen molar-refractivity contribution in [3.05, 3.63) is 81.4 Å². The second kappa shape index (κ2) is 10.2. The lowest BCUT2D eigenvalue weighted by Gasteiger charge is -2.38. The molecule has 0 aromatic heterocycles. The number of halogens is 1. The van der Waals surface area contributed by atoms with E-state index >= 15 is 0 Å². The topological polar surface area (TPSA) is 117 Å². The zero-order valence-corrected chi connectivity index (χ0v) is 21.8. The van der Waals surface area contributed by atoms with Crippen LogP contribution in [0, 0.1) is 5.41 Å². The van der Waals surface area contributed by atoms with E-state index in [2.05, 4.69) is 21.2 Å². The third kappa shape index (κ3) is 5.31. The molecule has 2 aromatic rings. The number of hydrogen-bond acceptors (Lipinski definition) is 7. The van der Waals surface area contributed by atoms with Gasteiger partial charge in [0, 0.05) is 34.1 Å². The summed E-state index contributed by atoms with van der Waals surface area (Å²) in [6, 6.07) is 14.2. The molecule has 0 fully saturated rings. The molecule has 36 heavy (non-hydrogen) atoms. The maximum absolute atomic E-state index is 13.4. The van der Waals surface area contributed by atoms with E-state index in [0.29, 0.717) is 39.2 Å². The van der Waals surface area contributed by atoms with E-state index in [1.165, 1.54) is 7.11 Å². The molecule has 0 radical (unpaired) electrons. The highest BCUT2D eigenvalue weighted by Crippen LogP contribution is 2.50. The van der Waals surface area contributed by atoms with Crippen LogP contribution in [0.5, 0.6) is 5.75 Å². The number of nitrogens with two attached hydrogens (primary N) is 1. The van der Waals surface area contributed by atoms with Gasteiger partial charge in [0.05, 0.1) is 13.0 Å². The quantitative estimate of drug-likeness (QED) is 0.502. The van der Waals surface area contributed by atoms with Crippen LogP contribution in [-0.2, 0) is 23.9 Å². The first-order valence-corrected chi connectivity index (χ1v) is 12.2. The molecule has 0 bridgehead atoms. The van der Waals surface area contributed by atoms with E-state index in [9.17, 15) is 14.4 Å². The number of nitrogens with one attached hydrogen (secondary N) is 1. The minimum absolute atomic E-state index is 0.0148. The molecule has 188 valence electrons. The molecular weight excluding hydrogens is 528 g/mol. The molecule has 1 unspecified atom stereocenters. The van der Waals surface area contributed by atoms with Crippen LogP contribution in [0.2, 0.25) is 0 Å². The number of esters is 1. The number of para-hydroxylation sites is 1. The summed E-state index contributed by atoms with van der Waals surface area (Å²) in [6.07, 6.45) is 0.757. The third-order valence-corrected chi connectivity index (χ3v) is 6.55. The Labute approximate surface area is 217 Å². The van der Waals surface area contributed by atoms with Crippen molar-refractivity contribution in [2.45, 2.75) is 32.6 Å². The fourth-order valence-electron chi connectivity index (χ4n) is 4.54. The molecule has 3 N–H and O–H groups in total. The second-order valence-electron chi connectivity index (χ2n) is 9.47. The van der Waals surface area contributed by atoms with Crippen molar-refractivity contribution in [1.82, 2.24) is 0 Å². The molecule has 1 aliphatic carbocycles. The van der Waals surface area contributed by atoms with Gasteiger partial charge in [0.25, 0.3) is 5.91 Å². The molecule has 1 atom stereocenters. The largest absolute Gasteiger partial charge is 0.483 e. The van der Waals surface area contributed by atoms with E-state index < -0.39 is 11.9 Å². The number of methoxy groups -OCH3 is 1. The van der Waals surface area contributed by atoms with Gasteiger partial charge in [-0.25, -0.2) is 4.79 Å². The van der Waals surface area contributed by atoms with E-state index in [4.69, 9.17) is 19.9 Å². The van der Waals surface area contributed by atoms with Crippen molar-refractivity contribution in [2.75, 3.05) is 19.0 Å². The summed E-state index contributed by atoms with van der Waals surface area (Å²) in [5, 5.41) is 2.77. The maximum Gasteiger partial charge on any atom is 0.340 e. The Bertz CT molecular complexity index is 1280. The van der Waals surface area contributed by atoms with E-state index in [-0.39, 0.29) is 41.6 Å². The van der Waals surface area contributed by atoms with E-state index in [1.807, 2.05) is 32.0 Å². The van der Waals surface area contributed by atoms with Gasteiger partial charge < -0.3 is 25.3 Å². The summed E-state index contributed by atoms with van der Waals surface area (Å²) in [5.41, 5.74) is 7.38. The SMILES string of the molecule is COC(=O)C1=C(N)OC2=C(C(=O)CC(C)(C)C2)C1c1cc(Br)ccc1OCC(=O)Nc1ccccc1. The van der Waals surface area contributed by atoms with Crippen LogP contribution < -0.4 is 15.8 Å². The van der Waals surface area contributed by atoms with Gasteiger partial charge in [-0.3, -0.25) is 9.59 Å². The van der Waals surface area contributed by atoms with Crippen molar-refractivity contribution >= 4 is 39.3 Å². The molecule has 1 amide bonds. The number of carbonyl (C=O) groups is 3. The number of allylic oxidation sites excluding steroid dienone is 2. The fraction of sp³-hybridized carbons (Fsp3) is 0.296. The summed E-state index contributed by atoms with van der Waals surface area (Å²) >= 11 is 3.47. The van der Waals surface area contributed by atoms with Crippen LogP contribution in [0.25, 0.3) is 0 Å². The van der Waals surface area contributed by atoms with Crippen LogP contribution in [0.15, 0.2) is 75.8 Å². The predicted molar refractivity (Wildman–Crippen MR) is 137 cm³/mol. The first kappa shape index (κ1) is 25.5. The van der Waals surface area contributed by atoms with Crippen LogP contribution in [0.3, 0.4) is 0 Å². The molecule has 8 nitrogen and oxygen atoms in total. The molecule has 2 aromatic carbocycles. The molecule has 0 saturated carbocycles. The average molecular weight is 555 g/mol. The number of ketones is 1. The Morgan fingerprint density at radius 3 is 2.58 bits per heavy atom. The number of anilines is 1. The molecule has 1 heterocycles. The van der Waals surface area contributed by atoms with Gasteiger partial charge in [0.1, 0.15) is 17.1 Å². The van der Waals surface area contributed by atoms with Gasteiger partial charge >= 0.3 is 5.97 Å². The van der Waals surface area contributed by atoms with Crippen LogP contribution >= 0.6 is 15.9 Å². The fourth-order valence-corrected chi connectivity index (χ4v) is 4.92. The predicted octanol–water partition coefficient (Wildman–Crippen LogP) is 4.57. The monoisotopic (exact) mass is 554 g/mol. The van der Waals surface area contributed by atoms with Crippen LogP contribution in [0.1, 0.15) is 38.2 Å². The Balaban J connectivity index is 1.74. The highest BCUT2D eigenvalue weighted by molar-refractivity contribution is 9.10. The number of hydrogen-bond donors (Lipinski definition) is 2. The highest BCUT2D eigenvalue weighted by atomic mass is 79.9. The zero-order valence-electron chi connectivity index (χ0n) is 20.2. The average Bonchev–Trinajstić information content (AvgIpc) is 2.81. The van der Waals surface area contributed by atoms with Crippen molar-refractivity contribution in [1.29, 1.82) is 0 Å². The molecule has 0 saturated heterocycles. The lowest BCUT2D eigenvalue weighted by molar-refractivity contribution is -0.136. The van der Waals surface area contributed by atoms with E-state index in [0.717, 1.165) is 0 Å². The van der Waals surface area contributed by atoms with Crippen molar-refractivity contribution in [3.8, 4) is 5.75 Å². The van der Waals surface area contributed by atoms with Crippen molar-refractivity contribution in [3.63, 3.8) is 0 Å². The standard InChI is InChI=1S/C27H27BrN2O6/c1-27(2)12-18(31)23-20(13-27)36-25(29)24(26(33)34-3)22(23)17-11-15(28)9-10-19(17)35-14-21(32)30-16-7-5-4-6-8-16/h4-11,22H,12-14,29H2,1-3H3,(H,30,32). The van der Waals surface area contributed by atoms with Crippen LogP contribution in [0.4, 0.5) is 5.69 Å². The smallest absolute Gasteiger partial charge is 0.340 e. The highest BCUT2D eigenvalue weighted by Gasteiger charge is 2.45. The lowest BCUT2D eigenvalue weighted by Crippen LogP contribution is -2.35. The Hall–Kier alpha value is -3.59. The molecule has 1 aliphatic heterocycles. The third-order valence-electron chi connectivity index (χ3n) is 6.06. The van der Waals surface area contributed by atoms with Crippen LogP contribution in [-0.4, -0.2) is 31.4 Å². The van der Waals surface area contributed by atoms with Gasteiger partial charge in [-0.15, -0.1) is 0 Å². The summed E-state index contributed by atoms with van der Waals surface area (Å²) in [5.74, 6) is -1.47. The summed E-state index contributed by atoms with van der Waals surface area (Å²) < 4.78 is 17.4. The van der Waals surface area contributed by atoms with Gasteiger partial charge in [-0.1, -0.05) is 48.0 Å². The zero-order chi connectivity index (χ0) is 26.0. The minimum atomic E-state index is -0.880.